The second kappa shape index (κ2) is 12.0. The van der Waals surface area contributed by atoms with Crippen molar-refractivity contribution in [2.45, 2.75) is 39.0 Å². The number of nitrogens with zero attached hydrogens (tertiary/aromatic N) is 2. The van der Waals surface area contributed by atoms with E-state index in [2.05, 4.69) is 52.7 Å². The molecule has 4 aromatic carbocycles. The van der Waals surface area contributed by atoms with Gasteiger partial charge in [-0.25, -0.2) is 4.39 Å². The van der Waals surface area contributed by atoms with Crippen molar-refractivity contribution >= 4 is 10.8 Å². The molecule has 4 nitrogen and oxygen atoms in total. The van der Waals surface area contributed by atoms with Gasteiger partial charge < -0.3 is 10.1 Å². The summed E-state index contributed by atoms with van der Waals surface area (Å²) >= 11 is 0. The Morgan fingerprint density at radius 1 is 0.946 bits per heavy atom. The van der Waals surface area contributed by atoms with Gasteiger partial charge in [-0.2, -0.15) is 5.26 Å². The van der Waals surface area contributed by atoms with Crippen LogP contribution < -0.4 is 10.1 Å². The van der Waals surface area contributed by atoms with E-state index in [0.717, 1.165) is 74.4 Å². The Bertz CT molecular complexity index is 1390. The third kappa shape index (κ3) is 6.35. The Labute approximate surface area is 218 Å². The van der Waals surface area contributed by atoms with Crippen molar-refractivity contribution in [3.05, 3.63) is 112 Å². The number of ether oxygens (including phenoxy) is 1. The molecule has 5 heteroatoms. The van der Waals surface area contributed by atoms with Gasteiger partial charge in [0, 0.05) is 25.2 Å². The zero-order valence-corrected chi connectivity index (χ0v) is 21.1. The van der Waals surface area contributed by atoms with Crippen LogP contribution in [0.4, 0.5) is 4.39 Å². The Kier molecular flexibility index (Phi) is 8.10. The molecule has 5 rings (SSSR count). The van der Waals surface area contributed by atoms with E-state index in [1.165, 1.54) is 34.0 Å². The predicted octanol–water partition coefficient (Wildman–Crippen LogP) is 6.36. The van der Waals surface area contributed by atoms with Crippen LogP contribution in [0, 0.1) is 17.1 Å². The molecule has 1 aliphatic rings. The van der Waals surface area contributed by atoms with Gasteiger partial charge in [0.1, 0.15) is 18.2 Å². The van der Waals surface area contributed by atoms with Crippen LogP contribution in [0.5, 0.6) is 5.75 Å². The van der Waals surface area contributed by atoms with Crippen LogP contribution >= 0.6 is 0 Å². The molecule has 37 heavy (non-hydrogen) atoms. The minimum Gasteiger partial charge on any atom is -0.489 e. The number of hydrogen-bond acceptors (Lipinski definition) is 4. The fraction of sp³-hybridized carbons (Fsp3) is 0.281. The third-order valence-corrected chi connectivity index (χ3v) is 7.11. The predicted molar refractivity (Wildman–Crippen MR) is 146 cm³/mol. The standard InChI is InChI=1S/C32H32FN3O/c33-29-12-8-24(9-13-29)23-37-32-14-11-27-5-1-2-6-30(27)31(32)21-35-16-3-4-17-36-18-15-26-10-7-25(20-34)19-28(26)22-36/h1-2,5-14,19,35H,3-4,15-18,21-23H2. The largest absolute Gasteiger partial charge is 0.489 e. The fourth-order valence-electron chi connectivity index (χ4n) is 5.05. The summed E-state index contributed by atoms with van der Waals surface area (Å²) in [5, 5.41) is 15.2. The molecule has 0 aliphatic carbocycles. The maximum Gasteiger partial charge on any atom is 0.124 e. The molecule has 0 aromatic heterocycles. The number of fused-ring (bicyclic) bond motifs is 2. The van der Waals surface area contributed by atoms with Crippen LogP contribution in [0.15, 0.2) is 78.9 Å². The third-order valence-electron chi connectivity index (χ3n) is 7.11. The molecule has 0 fully saturated rings. The van der Waals surface area contributed by atoms with Crippen molar-refractivity contribution in [1.82, 2.24) is 10.2 Å². The zero-order valence-electron chi connectivity index (χ0n) is 21.1. The molecule has 0 saturated carbocycles. The number of hydrogen-bond donors (Lipinski definition) is 1. The molecule has 0 spiro atoms. The Hall–Kier alpha value is -3.72. The van der Waals surface area contributed by atoms with Gasteiger partial charge in [0.25, 0.3) is 0 Å². The smallest absolute Gasteiger partial charge is 0.124 e. The van der Waals surface area contributed by atoms with Gasteiger partial charge in [-0.3, -0.25) is 4.90 Å². The van der Waals surface area contributed by atoms with Gasteiger partial charge in [-0.1, -0.05) is 48.5 Å². The summed E-state index contributed by atoms with van der Waals surface area (Å²) in [5.74, 6) is 0.622. The summed E-state index contributed by atoms with van der Waals surface area (Å²) in [6, 6.07) is 27.3. The van der Waals surface area contributed by atoms with E-state index in [1.807, 2.05) is 18.2 Å². The summed E-state index contributed by atoms with van der Waals surface area (Å²) in [4.78, 5) is 2.50. The zero-order chi connectivity index (χ0) is 25.5. The lowest BCUT2D eigenvalue weighted by Crippen LogP contribution is -2.31. The Morgan fingerprint density at radius 2 is 1.81 bits per heavy atom. The molecule has 0 unspecified atom stereocenters. The van der Waals surface area contributed by atoms with Gasteiger partial charge in [-0.15, -0.1) is 0 Å². The Morgan fingerprint density at radius 3 is 2.68 bits per heavy atom. The summed E-state index contributed by atoms with van der Waals surface area (Å²) in [5.41, 5.74) is 5.52. The van der Waals surface area contributed by atoms with E-state index in [-0.39, 0.29) is 5.82 Å². The molecule has 0 bridgehead atoms. The highest BCUT2D eigenvalue weighted by Gasteiger charge is 2.16. The van der Waals surface area contributed by atoms with E-state index >= 15 is 0 Å². The van der Waals surface area contributed by atoms with Gasteiger partial charge in [0.05, 0.1) is 11.6 Å². The molecule has 4 aromatic rings. The first kappa shape index (κ1) is 25.0. The molecular formula is C32H32FN3O. The number of nitriles is 1. The lowest BCUT2D eigenvalue weighted by molar-refractivity contribution is 0.248. The average Bonchev–Trinajstić information content (AvgIpc) is 2.94. The monoisotopic (exact) mass is 493 g/mol. The second-order valence-corrected chi connectivity index (χ2v) is 9.68. The van der Waals surface area contributed by atoms with Crippen LogP contribution in [-0.4, -0.2) is 24.5 Å². The molecule has 1 N–H and O–H groups in total. The first-order chi connectivity index (χ1) is 18.2. The fourth-order valence-corrected chi connectivity index (χ4v) is 5.05. The van der Waals surface area contributed by atoms with Crippen LogP contribution in [0.1, 0.15) is 40.7 Å². The normalized spacial score (nSPS) is 13.3. The van der Waals surface area contributed by atoms with Gasteiger partial charge in [0.15, 0.2) is 0 Å². The average molecular weight is 494 g/mol. The highest BCUT2D eigenvalue weighted by atomic mass is 19.1. The SMILES string of the molecule is N#Cc1ccc2c(c1)CN(CCCCNCc1c(OCc3ccc(F)cc3)ccc3ccccc13)CC2. The minimum absolute atomic E-state index is 0.238. The van der Waals surface area contributed by atoms with E-state index in [9.17, 15) is 9.65 Å². The lowest BCUT2D eigenvalue weighted by Gasteiger charge is -2.28. The minimum atomic E-state index is -0.238. The molecule has 1 heterocycles. The van der Waals surface area contributed by atoms with Crippen LogP contribution in [0.3, 0.4) is 0 Å². The molecule has 0 amide bonds. The summed E-state index contributed by atoms with van der Waals surface area (Å²) < 4.78 is 19.4. The highest BCUT2D eigenvalue weighted by molar-refractivity contribution is 5.87. The highest BCUT2D eigenvalue weighted by Crippen LogP contribution is 2.29. The molecule has 0 saturated heterocycles. The Balaban J connectivity index is 1.13. The number of nitrogens with one attached hydrogen (secondary N) is 1. The number of halogens is 1. The van der Waals surface area contributed by atoms with Gasteiger partial charge >= 0.3 is 0 Å². The molecule has 0 atom stereocenters. The molecule has 188 valence electrons. The van der Waals surface area contributed by atoms with Crippen LogP contribution in [-0.2, 0) is 26.1 Å². The van der Waals surface area contributed by atoms with Crippen LogP contribution in [0.2, 0.25) is 0 Å². The van der Waals surface area contributed by atoms with Gasteiger partial charge in [-0.05, 0) is 90.1 Å². The maximum atomic E-state index is 13.2. The van der Waals surface area contributed by atoms with Crippen molar-refractivity contribution in [2.75, 3.05) is 19.6 Å². The van der Waals surface area contributed by atoms with Crippen molar-refractivity contribution in [1.29, 1.82) is 5.26 Å². The quantitative estimate of drug-likeness (QED) is 0.261. The first-order valence-corrected chi connectivity index (χ1v) is 13.0. The molecule has 0 radical (unpaired) electrons. The molecular weight excluding hydrogens is 461 g/mol. The van der Waals surface area contributed by atoms with Gasteiger partial charge in [0.2, 0.25) is 0 Å². The summed E-state index contributed by atoms with van der Waals surface area (Å²) in [6.07, 6.45) is 3.28. The van der Waals surface area contributed by atoms with Crippen molar-refractivity contribution in [3.63, 3.8) is 0 Å². The van der Waals surface area contributed by atoms with Crippen molar-refractivity contribution in [2.24, 2.45) is 0 Å². The number of rotatable bonds is 10. The number of benzene rings is 4. The maximum absolute atomic E-state index is 13.2. The van der Waals surface area contributed by atoms with E-state index < -0.39 is 0 Å². The summed E-state index contributed by atoms with van der Waals surface area (Å²) in [6.45, 7) is 5.15. The topological polar surface area (TPSA) is 48.3 Å². The summed E-state index contributed by atoms with van der Waals surface area (Å²) in [7, 11) is 0. The second-order valence-electron chi connectivity index (χ2n) is 9.68. The number of unbranched alkanes of at least 4 members (excludes halogenated alkanes) is 1. The van der Waals surface area contributed by atoms with E-state index in [1.54, 1.807) is 12.1 Å². The van der Waals surface area contributed by atoms with Crippen LogP contribution in [0.25, 0.3) is 10.8 Å². The van der Waals surface area contributed by atoms with E-state index in [0.29, 0.717) is 6.61 Å². The molecule has 1 aliphatic heterocycles. The first-order valence-electron chi connectivity index (χ1n) is 13.0. The van der Waals surface area contributed by atoms with E-state index in [4.69, 9.17) is 4.74 Å². The van der Waals surface area contributed by atoms with Crippen molar-refractivity contribution < 1.29 is 9.13 Å². The van der Waals surface area contributed by atoms with Crippen molar-refractivity contribution in [3.8, 4) is 11.8 Å². The lowest BCUT2D eigenvalue weighted by atomic mass is 9.97.